The zero-order chi connectivity index (χ0) is 16.0. The third-order valence-corrected chi connectivity index (χ3v) is 4.08. The molecule has 0 aliphatic carbocycles. The van der Waals surface area contributed by atoms with Crippen LogP contribution in [0.15, 0.2) is 18.2 Å². The molecule has 0 radical (unpaired) electrons. The fraction of sp³-hybridized carbons (Fsp3) is 0.562. The van der Waals surface area contributed by atoms with Crippen LogP contribution in [0.1, 0.15) is 40.0 Å². The summed E-state index contributed by atoms with van der Waals surface area (Å²) in [6.45, 7) is 7.38. The highest BCUT2D eigenvalue weighted by Crippen LogP contribution is 2.20. The van der Waals surface area contributed by atoms with E-state index < -0.39 is 5.82 Å². The topological polar surface area (TPSA) is 58.4 Å². The van der Waals surface area contributed by atoms with E-state index in [0.29, 0.717) is 12.1 Å². The van der Waals surface area contributed by atoms with Gasteiger partial charge in [0.15, 0.2) is 0 Å². The summed E-state index contributed by atoms with van der Waals surface area (Å²) in [6.07, 6.45) is 2.25. The van der Waals surface area contributed by atoms with Crippen molar-refractivity contribution in [2.24, 2.45) is 0 Å². The minimum atomic E-state index is -0.408. The van der Waals surface area contributed by atoms with Crippen LogP contribution < -0.4 is 11.1 Å². The van der Waals surface area contributed by atoms with E-state index in [4.69, 9.17) is 5.73 Å². The highest BCUT2D eigenvalue weighted by atomic mass is 19.1. The molecular weight excluding hydrogens is 269 g/mol. The SMILES string of the molecule is CCC(C)(C)N(C)CCCC(=O)Nc1ccc(F)cc1N. The van der Waals surface area contributed by atoms with Gasteiger partial charge in [-0.2, -0.15) is 0 Å². The van der Waals surface area contributed by atoms with Gasteiger partial charge in [0.05, 0.1) is 11.4 Å². The molecule has 0 aliphatic heterocycles. The first-order valence-electron chi connectivity index (χ1n) is 7.32. The van der Waals surface area contributed by atoms with Gasteiger partial charge in [0.25, 0.3) is 0 Å². The normalized spacial score (nSPS) is 11.7. The molecule has 1 rings (SSSR count). The van der Waals surface area contributed by atoms with Gasteiger partial charge in [-0.15, -0.1) is 0 Å². The largest absolute Gasteiger partial charge is 0.397 e. The molecule has 0 heterocycles. The predicted molar refractivity (Wildman–Crippen MR) is 85.7 cm³/mol. The fourth-order valence-electron chi connectivity index (χ4n) is 1.91. The molecule has 118 valence electrons. The summed E-state index contributed by atoms with van der Waals surface area (Å²) in [5.41, 5.74) is 6.50. The lowest BCUT2D eigenvalue weighted by molar-refractivity contribution is -0.116. The van der Waals surface area contributed by atoms with Crippen molar-refractivity contribution in [2.75, 3.05) is 24.6 Å². The monoisotopic (exact) mass is 295 g/mol. The Morgan fingerprint density at radius 2 is 2.10 bits per heavy atom. The maximum atomic E-state index is 12.9. The first kappa shape index (κ1) is 17.4. The number of nitrogens with two attached hydrogens (primary N) is 1. The van der Waals surface area contributed by atoms with Crippen LogP contribution in [0.25, 0.3) is 0 Å². The Morgan fingerprint density at radius 1 is 1.43 bits per heavy atom. The number of benzene rings is 1. The molecule has 21 heavy (non-hydrogen) atoms. The average Bonchev–Trinajstić information content (AvgIpc) is 2.41. The summed E-state index contributed by atoms with van der Waals surface area (Å²) in [4.78, 5) is 14.1. The maximum Gasteiger partial charge on any atom is 0.224 e. The molecular formula is C16H26FN3O. The fourth-order valence-corrected chi connectivity index (χ4v) is 1.91. The van der Waals surface area contributed by atoms with Crippen molar-refractivity contribution in [1.82, 2.24) is 4.90 Å². The molecule has 1 aromatic carbocycles. The summed E-state index contributed by atoms with van der Waals surface area (Å²) >= 11 is 0. The number of nitrogens with zero attached hydrogens (tertiary/aromatic N) is 1. The number of nitrogen functional groups attached to an aromatic ring is 1. The molecule has 5 heteroatoms. The number of anilines is 2. The molecule has 1 aromatic rings. The first-order chi connectivity index (χ1) is 9.76. The molecule has 0 saturated heterocycles. The lowest BCUT2D eigenvalue weighted by Gasteiger charge is -2.34. The summed E-state index contributed by atoms with van der Waals surface area (Å²) in [6, 6.07) is 3.96. The molecule has 0 saturated carbocycles. The van der Waals surface area contributed by atoms with Crippen LogP contribution in [0.3, 0.4) is 0 Å². The number of hydrogen-bond acceptors (Lipinski definition) is 3. The molecule has 1 amide bonds. The Morgan fingerprint density at radius 3 is 2.67 bits per heavy atom. The molecule has 0 atom stereocenters. The van der Waals surface area contributed by atoms with Crippen LogP contribution in [0.2, 0.25) is 0 Å². The van der Waals surface area contributed by atoms with Crippen LogP contribution >= 0.6 is 0 Å². The Kier molecular flexibility index (Phi) is 6.15. The van der Waals surface area contributed by atoms with Crippen LogP contribution in [0.4, 0.5) is 15.8 Å². The van der Waals surface area contributed by atoms with E-state index in [1.54, 1.807) is 0 Å². The van der Waals surface area contributed by atoms with Crippen molar-refractivity contribution in [3.63, 3.8) is 0 Å². The molecule has 0 aromatic heterocycles. The molecule has 0 fully saturated rings. The maximum absolute atomic E-state index is 12.9. The number of nitrogens with one attached hydrogen (secondary N) is 1. The van der Waals surface area contributed by atoms with E-state index in [-0.39, 0.29) is 17.1 Å². The van der Waals surface area contributed by atoms with Crippen LogP contribution in [-0.2, 0) is 4.79 Å². The van der Waals surface area contributed by atoms with Gasteiger partial charge in [-0.3, -0.25) is 4.79 Å². The lowest BCUT2D eigenvalue weighted by Crippen LogP contribution is -2.41. The highest BCUT2D eigenvalue weighted by Gasteiger charge is 2.20. The van der Waals surface area contributed by atoms with Gasteiger partial charge < -0.3 is 16.0 Å². The van der Waals surface area contributed by atoms with Gasteiger partial charge in [-0.25, -0.2) is 4.39 Å². The Labute approximate surface area is 126 Å². The third kappa shape index (κ3) is 5.34. The van der Waals surface area contributed by atoms with E-state index in [2.05, 4.69) is 38.0 Å². The Hall–Kier alpha value is -1.62. The second-order valence-electron chi connectivity index (χ2n) is 5.97. The van der Waals surface area contributed by atoms with E-state index in [0.717, 1.165) is 19.4 Å². The van der Waals surface area contributed by atoms with Gasteiger partial charge in [0.1, 0.15) is 5.82 Å². The third-order valence-electron chi connectivity index (χ3n) is 4.08. The Balaban J connectivity index is 2.41. The molecule has 0 unspecified atom stereocenters. The van der Waals surface area contributed by atoms with Crippen molar-refractivity contribution < 1.29 is 9.18 Å². The smallest absolute Gasteiger partial charge is 0.224 e. The molecule has 3 N–H and O–H groups in total. The molecule has 0 aliphatic rings. The van der Waals surface area contributed by atoms with E-state index in [9.17, 15) is 9.18 Å². The number of rotatable bonds is 7. The van der Waals surface area contributed by atoms with Gasteiger partial charge in [-0.05, 0) is 58.5 Å². The lowest BCUT2D eigenvalue weighted by atomic mass is 10.00. The number of hydrogen-bond donors (Lipinski definition) is 2. The number of carbonyl (C=O) groups excluding carboxylic acids is 1. The molecule has 0 spiro atoms. The van der Waals surface area contributed by atoms with Crippen LogP contribution in [0, 0.1) is 5.82 Å². The zero-order valence-corrected chi connectivity index (χ0v) is 13.4. The second kappa shape index (κ2) is 7.41. The minimum Gasteiger partial charge on any atom is -0.397 e. The average molecular weight is 295 g/mol. The van der Waals surface area contributed by atoms with Crippen molar-refractivity contribution in [3.8, 4) is 0 Å². The van der Waals surface area contributed by atoms with Crippen molar-refractivity contribution >= 4 is 17.3 Å². The highest BCUT2D eigenvalue weighted by molar-refractivity contribution is 5.93. The molecule has 4 nitrogen and oxygen atoms in total. The van der Waals surface area contributed by atoms with Gasteiger partial charge in [0, 0.05) is 12.0 Å². The standard InChI is InChI=1S/C16H26FN3O/c1-5-16(2,3)20(4)10-6-7-15(21)19-14-9-8-12(17)11-13(14)18/h8-9,11H,5-7,10,18H2,1-4H3,(H,19,21). The van der Waals surface area contributed by atoms with Crippen molar-refractivity contribution in [1.29, 1.82) is 0 Å². The van der Waals surface area contributed by atoms with Gasteiger partial charge in [0.2, 0.25) is 5.91 Å². The summed E-state index contributed by atoms with van der Waals surface area (Å²) < 4.78 is 12.9. The summed E-state index contributed by atoms with van der Waals surface area (Å²) in [5.74, 6) is -0.509. The summed E-state index contributed by atoms with van der Waals surface area (Å²) in [5, 5.41) is 2.71. The van der Waals surface area contributed by atoms with Crippen molar-refractivity contribution in [2.45, 2.75) is 45.6 Å². The molecule has 0 bridgehead atoms. The number of carbonyl (C=O) groups is 1. The minimum absolute atomic E-state index is 0.101. The zero-order valence-electron chi connectivity index (χ0n) is 13.4. The summed E-state index contributed by atoms with van der Waals surface area (Å²) in [7, 11) is 2.07. The predicted octanol–water partition coefficient (Wildman–Crippen LogP) is 3.25. The second-order valence-corrected chi connectivity index (χ2v) is 5.97. The van der Waals surface area contributed by atoms with Crippen LogP contribution in [0.5, 0.6) is 0 Å². The van der Waals surface area contributed by atoms with Crippen molar-refractivity contribution in [3.05, 3.63) is 24.0 Å². The van der Waals surface area contributed by atoms with E-state index in [1.807, 2.05) is 0 Å². The number of amides is 1. The van der Waals surface area contributed by atoms with E-state index >= 15 is 0 Å². The van der Waals surface area contributed by atoms with Crippen LogP contribution in [-0.4, -0.2) is 29.9 Å². The van der Waals surface area contributed by atoms with Gasteiger partial charge in [-0.1, -0.05) is 6.92 Å². The Bertz CT molecular complexity index is 488. The van der Waals surface area contributed by atoms with Gasteiger partial charge >= 0.3 is 0 Å². The van der Waals surface area contributed by atoms with E-state index in [1.165, 1.54) is 18.2 Å². The quantitative estimate of drug-likeness (QED) is 0.759. The first-order valence-corrected chi connectivity index (χ1v) is 7.32. The number of halogens is 1.